The zero-order valence-corrected chi connectivity index (χ0v) is 12.4. The van der Waals surface area contributed by atoms with E-state index in [0.29, 0.717) is 0 Å². The molecule has 0 N–H and O–H groups in total. The van der Waals surface area contributed by atoms with Gasteiger partial charge < -0.3 is 0 Å². The van der Waals surface area contributed by atoms with Gasteiger partial charge in [0.2, 0.25) is 0 Å². The highest BCUT2D eigenvalue weighted by molar-refractivity contribution is 5.80. The minimum atomic E-state index is 0.909. The zero-order valence-electron chi connectivity index (χ0n) is 12.4. The van der Waals surface area contributed by atoms with Crippen LogP contribution >= 0.6 is 0 Å². The van der Waals surface area contributed by atoms with Crippen LogP contribution in [0.15, 0.2) is 48.8 Å². The van der Waals surface area contributed by atoms with Crippen LogP contribution in [-0.4, -0.2) is 32.9 Å². The molecule has 3 aromatic rings. The molecule has 22 heavy (non-hydrogen) atoms. The second kappa shape index (κ2) is 5.81. The van der Waals surface area contributed by atoms with Crippen molar-refractivity contribution in [1.29, 1.82) is 0 Å². The van der Waals surface area contributed by atoms with Crippen LogP contribution in [0.2, 0.25) is 0 Å². The highest BCUT2D eigenvalue weighted by Crippen LogP contribution is 2.21. The van der Waals surface area contributed by atoms with E-state index in [-0.39, 0.29) is 0 Å². The molecule has 1 aliphatic rings. The third kappa shape index (κ3) is 2.70. The summed E-state index contributed by atoms with van der Waals surface area (Å²) in [6.45, 7) is 3.33. The Kier molecular flexibility index (Phi) is 3.52. The van der Waals surface area contributed by atoms with Crippen LogP contribution in [-0.2, 0) is 6.54 Å². The van der Waals surface area contributed by atoms with Gasteiger partial charge in [0.05, 0.1) is 22.4 Å². The highest BCUT2D eigenvalue weighted by atomic mass is 15.1. The lowest BCUT2D eigenvalue weighted by Crippen LogP contribution is -2.19. The van der Waals surface area contributed by atoms with Gasteiger partial charge in [-0.25, -0.2) is 0 Å². The molecule has 1 fully saturated rings. The normalized spacial score (nSPS) is 15.5. The highest BCUT2D eigenvalue weighted by Gasteiger charge is 2.12. The maximum absolute atomic E-state index is 4.82. The van der Waals surface area contributed by atoms with E-state index >= 15 is 0 Å². The number of likely N-dealkylation sites (tertiary alicyclic amines) is 1. The van der Waals surface area contributed by atoms with Crippen LogP contribution in [0.4, 0.5) is 0 Å². The summed E-state index contributed by atoms with van der Waals surface area (Å²) < 4.78 is 0. The molecule has 0 bridgehead atoms. The predicted molar refractivity (Wildman–Crippen MR) is 87.3 cm³/mol. The first-order chi connectivity index (χ1) is 10.9. The summed E-state index contributed by atoms with van der Waals surface area (Å²) in [5.74, 6) is 0. The van der Waals surface area contributed by atoms with Crippen molar-refractivity contribution in [3.8, 4) is 11.3 Å². The number of fused-ring (bicyclic) bond motifs is 1. The van der Waals surface area contributed by atoms with Gasteiger partial charge in [-0.2, -0.15) is 0 Å². The van der Waals surface area contributed by atoms with Gasteiger partial charge in [-0.05, 0) is 50.2 Å². The number of hydrogen-bond acceptors (Lipinski definition) is 4. The van der Waals surface area contributed by atoms with Crippen LogP contribution < -0.4 is 0 Å². The first kappa shape index (κ1) is 13.3. The topological polar surface area (TPSA) is 41.9 Å². The molecule has 1 saturated heterocycles. The summed E-state index contributed by atoms with van der Waals surface area (Å²) >= 11 is 0. The van der Waals surface area contributed by atoms with E-state index in [1.165, 1.54) is 25.9 Å². The molecule has 0 aliphatic carbocycles. The molecule has 0 saturated carbocycles. The number of benzene rings is 1. The van der Waals surface area contributed by atoms with E-state index in [4.69, 9.17) is 4.98 Å². The molecule has 0 radical (unpaired) electrons. The third-order valence-corrected chi connectivity index (χ3v) is 4.16. The molecule has 4 rings (SSSR count). The van der Waals surface area contributed by atoms with Gasteiger partial charge in [0.15, 0.2) is 0 Å². The van der Waals surface area contributed by atoms with Crippen molar-refractivity contribution in [1.82, 2.24) is 19.9 Å². The SMILES string of the molecule is c1cc(CN2CCCC2)nc(-c2ccc3nccnc3c2)c1. The van der Waals surface area contributed by atoms with E-state index < -0.39 is 0 Å². The van der Waals surface area contributed by atoms with E-state index in [1.54, 1.807) is 12.4 Å². The standard InChI is InChI=1S/C18H18N4/c1-2-11-22(10-1)13-15-4-3-5-16(21-15)14-6-7-17-18(12-14)20-9-8-19-17/h3-9,12H,1-2,10-11,13H2. The Labute approximate surface area is 129 Å². The second-order valence-corrected chi connectivity index (χ2v) is 5.76. The molecule has 1 aliphatic heterocycles. The molecule has 0 atom stereocenters. The summed E-state index contributed by atoms with van der Waals surface area (Å²) in [6, 6.07) is 12.4. The van der Waals surface area contributed by atoms with Crippen LogP contribution in [0, 0.1) is 0 Å². The summed E-state index contributed by atoms with van der Waals surface area (Å²) in [6.07, 6.45) is 6.06. The van der Waals surface area contributed by atoms with Crippen molar-refractivity contribution in [2.45, 2.75) is 19.4 Å². The van der Waals surface area contributed by atoms with E-state index in [9.17, 15) is 0 Å². The van der Waals surface area contributed by atoms with Gasteiger partial charge in [-0.3, -0.25) is 19.9 Å². The average molecular weight is 290 g/mol. The van der Waals surface area contributed by atoms with Crippen molar-refractivity contribution in [2.24, 2.45) is 0 Å². The molecule has 3 heterocycles. The number of nitrogens with zero attached hydrogens (tertiary/aromatic N) is 4. The summed E-state index contributed by atoms with van der Waals surface area (Å²) in [7, 11) is 0. The Morgan fingerprint density at radius 3 is 2.59 bits per heavy atom. The largest absolute Gasteiger partial charge is 0.298 e. The van der Waals surface area contributed by atoms with Crippen molar-refractivity contribution in [3.05, 3.63) is 54.5 Å². The van der Waals surface area contributed by atoms with Gasteiger partial charge in [0.25, 0.3) is 0 Å². The molecular weight excluding hydrogens is 272 g/mol. The summed E-state index contributed by atoms with van der Waals surface area (Å²) in [5.41, 5.74) is 5.06. The lowest BCUT2D eigenvalue weighted by molar-refractivity contribution is 0.327. The Bertz CT molecular complexity index is 794. The monoisotopic (exact) mass is 290 g/mol. The molecule has 0 unspecified atom stereocenters. The number of hydrogen-bond donors (Lipinski definition) is 0. The molecule has 2 aromatic heterocycles. The fourth-order valence-corrected chi connectivity index (χ4v) is 3.02. The molecule has 1 aromatic carbocycles. The molecular formula is C18H18N4. The Hall–Kier alpha value is -2.33. The molecule has 4 heteroatoms. The van der Waals surface area contributed by atoms with E-state index in [1.807, 2.05) is 6.07 Å². The fraction of sp³-hybridized carbons (Fsp3) is 0.278. The van der Waals surface area contributed by atoms with Crippen LogP contribution in [0.3, 0.4) is 0 Å². The average Bonchev–Trinajstić information content (AvgIpc) is 3.08. The van der Waals surface area contributed by atoms with Crippen LogP contribution in [0.25, 0.3) is 22.3 Å². The van der Waals surface area contributed by atoms with Gasteiger partial charge >= 0.3 is 0 Å². The van der Waals surface area contributed by atoms with Gasteiger partial charge in [-0.1, -0.05) is 12.1 Å². The molecule has 4 nitrogen and oxygen atoms in total. The predicted octanol–water partition coefficient (Wildman–Crippen LogP) is 3.29. The molecule has 110 valence electrons. The molecule has 0 amide bonds. The summed E-state index contributed by atoms with van der Waals surface area (Å²) in [4.78, 5) is 16.0. The van der Waals surface area contributed by atoms with E-state index in [0.717, 1.165) is 34.5 Å². The Morgan fingerprint density at radius 2 is 1.73 bits per heavy atom. The van der Waals surface area contributed by atoms with Crippen molar-refractivity contribution >= 4 is 11.0 Å². The van der Waals surface area contributed by atoms with Gasteiger partial charge in [0, 0.05) is 24.5 Å². The minimum absolute atomic E-state index is 0.909. The molecule has 0 spiro atoms. The zero-order chi connectivity index (χ0) is 14.8. The first-order valence-electron chi connectivity index (χ1n) is 7.78. The van der Waals surface area contributed by atoms with E-state index in [2.05, 4.69) is 45.2 Å². The van der Waals surface area contributed by atoms with Gasteiger partial charge in [0.1, 0.15) is 0 Å². The quantitative estimate of drug-likeness (QED) is 0.742. The lowest BCUT2D eigenvalue weighted by atomic mass is 10.1. The van der Waals surface area contributed by atoms with Crippen molar-refractivity contribution in [2.75, 3.05) is 13.1 Å². The van der Waals surface area contributed by atoms with Crippen LogP contribution in [0.5, 0.6) is 0 Å². The van der Waals surface area contributed by atoms with Crippen molar-refractivity contribution in [3.63, 3.8) is 0 Å². The van der Waals surface area contributed by atoms with Gasteiger partial charge in [-0.15, -0.1) is 0 Å². The summed E-state index contributed by atoms with van der Waals surface area (Å²) in [5, 5.41) is 0. The number of rotatable bonds is 3. The third-order valence-electron chi connectivity index (χ3n) is 4.16. The second-order valence-electron chi connectivity index (χ2n) is 5.76. The van der Waals surface area contributed by atoms with Crippen LogP contribution in [0.1, 0.15) is 18.5 Å². The first-order valence-corrected chi connectivity index (χ1v) is 7.78. The Morgan fingerprint density at radius 1 is 0.909 bits per heavy atom. The maximum atomic E-state index is 4.82. The minimum Gasteiger partial charge on any atom is -0.298 e. The smallest absolute Gasteiger partial charge is 0.0893 e. The maximum Gasteiger partial charge on any atom is 0.0893 e. The Balaban J connectivity index is 1.65. The lowest BCUT2D eigenvalue weighted by Gasteiger charge is -2.14. The fourth-order valence-electron chi connectivity index (χ4n) is 3.02. The number of pyridine rings is 1. The number of aromatic nitrogens is 3. The van der Waals surface area contributed by atoms with Crippen molar-refractivity contribution < 1.29 is 0 Å².